The minimum Gasteiger partial charge on any atom is -0.491 e. The highest BCUT2D eigenvalue weighted by atomic mass is 79.9. The first-order valence-corrected chi connectivity index (χ1v) is 6.35. The molecule has 0 spiro atoms. The summed E-state index contributed by atoms with van der Waals surface area (Å²) < 4.78 is 6.25. The normalized spacial score (nSPS) is 12.2. The zero-order valence-electron chi connectivity index (χ0n) is 9.33. The van der Waals surface area contributed by atoms with Crippen LogP contribution in [0.25, 0.3) is 0 Å². The average Bonchev–Trinajstić information content (AvgIpc) is 2.28. The summed E-state index contributed by atoms with van der Waals surface area (Å²) in [6.45, 7) is 5.00. The Morgan fingerprint density at radius 2 is 2.12 bits per heavy atom. The molecule has 0 bridgehead atoms. The Bertz CT molecular complexity index is 356. The van der Waals surface area contributed by atoms with Gasteiger partial charge in [-0.25, -0.2) is 0 Å². The molecule has 0 radical (unpaired) electrons. The third kappa shape index (κ3) is 6.68. The maximum absolute atomic E-state index is 9.62. The van der Waals surface area contributed by atoms with Gasteiger partial charge in [0.1, 0.15) is 18.5 Å². The first-order valence-electron chi connectivity index (χ1n) is 5.18. The molecule has 0 amide bonds. The average molecular weight is 321 g/mol. The van der Waals surface area contributed by atoms with E-state index >= 15 is 0 Å². The Kier molecular flexibility index (Phi) is 6.58. The third-order valence-electron chi connectivity index (χ3n) is 1.95. The molecule has 0 heterocycles. The number of halogens is 2. The molecule has 0 aliphatic heterocycles. The van der Waals surface area contributed by atoms with Crippen LogP contribution in [0.5, 0.6) is 5.75 Å². The maximum atomic E-state index is 9.62. The molecule has 1 aromatic rings. The van der Waals surface area contributed by atoms with Crippen molar-refractivity contribution in [2.45, 2.75) is 6.10 Å². The summed E-state index contributed by atoms with van der Waals surface area (Å²) >= 11 is 8.97. The zero-order valence-corrected chi connectivity index (χ0v) is 11.7. The van der Waals surface area contributed by atoms with Gasteiger partial charge in [-0.2, -0.15) is 0 Å². The number of aliphatic hydroxyl groups is 1. The van der Waals surface area contributed by atoms with Gasteiger partial charge >= 0.3 is 0 Å². The van der Waals surface area contributed by atoms with Crippen LogP contribution in [0.1, 0.15) is 0 Å². The standard InChI is InChI=1S/C12H15BrClNO2/c1-9(13)6-15-7-11(16)8-17-12-4-2-10(14)3-5-12/h2-5,11,15-16H,1,6-8H2. The molecule has 94 valence electrons. The second-order valence-electron chi connectivity index (χ2n) is 3.57. The van der Waals surface area contributed by atoms with Crippen molar-refractivity contribution in [1.29, 1.82) is 0 Å². The molecule has 3 nitrogen and oxygen atoms in total. The van der Waals surface area contributed by atoms with Gasteiger partial charge < -0.3 is 15.2 Å². The number of nitrogens with one attached hydrogen (secondary N) is 1. The van der Waals surface area contributed by atoms with Crippen LogP contribution < -0.4 is 10.1 Å². The summed E-state index contributed by atoms with van der Waals surface area (Å²) in [4.78, 5) is 0. The van der Waals surface area contributed by atoms with Gasteiger partial charge in [0.2, 0.25) is 0 Å². The third-order valence-corrected chi connectivity index (χ3v) is 2.49. The lowest BCUT2D eigenvalue weighted by Gasteiger charge is -2.13. The van der Waals surface area contributed by atoms with Crippen LogP contribution in [0.2, 0.25) is 5.02 Å². The van der Waals surface area contributed by atoms with Crippen LogP contribution >= 0.6 is 27.5 Å². The predicted molar refractivity (Wildman–Crippen MR) is 73.9 cm³/mol. The molecule has 17 heavy (non-hydrogen) atoms. The summed E-state index contributed by atoms with van der Waals surface area (Å²) in [6, 6.07) is 7.03. The van der Waals surface area contributed by atoms with Gasteiger partial charge in [-0.1, -0.05) is 34.1 Å². The summed E-state index contributed by atoms with van der Waals surface area (Å²) in [5.74, 6) is 0.693. The first-order chi connectivity index (χ1) is 8.08. The quantitative estimate of drug-likeness (QED) is 0.811. The second-order valence-corrected chi connectivity index (χ2v) is 5.12. The van der Waals surface area contributed by atoms with E-state index in [2.05, 4.69) is 27.8 Å². The van der Waals surface area contributed by atoms with Crippen molar-refractivity contribution in [3.63, 3.8) is 0 Å². The van der Waals surface area contributed by atoms with Crippen molar-refractivity contribution in [2.75, 3.05) is 19.7 Å². The SMILES string of the molecule is C=C(Br)CNCC(O)COc1ccc(Cl)cc1. The number of hydrogen-bond acceptors (Lipinski definition) is 3. The van der Waals surface area contributed by atoms with Crippen molar-refractivity contribution >= 4 is 27.5 Å². The lowest BCUT2D eigenvalue weighted by Crippen LogP contribution is -2.31. The van der Waals surface area contributed by atoms with Gasteiger partial charge in [-0.15, -0.1) is 0 Å². The summed E-state index contributed by atoms with van der Waals surface area (Å²) in [7, 11) is 0. The van der Waals surface area contributed by atoms with Crippen molar-refractivity contribution in [3.8, 4) is 5.75 Å². The molecule has 0 aliphatic rings. The second kappa shape index (κ2) is 7.71. The maximum Gasteiger partial charge on any atom is 0.119 e. The molecular formula is C12H15BrClNO2. The summed E-state index contributed by atoms with van der Waals surface area (Å²) in [6.07, 6.45) is -0.558. The minimum atomic E-state index is -0.558. The summed E-state index contributed by atoms with van der Waals surface area (Å²) in [5, 5.41) is 13.3. The van der Waals surface area contributed by atoms with E-state index in [0.29, 0.717) is 23.9 Å². The number of rotatable bonds is 7. The fourth-order valence-corrected chi connectivity index (χ4v) is 1.48. The van der Waals surface area contributed by atoms with Gasteiger partial charge in [0.25, 0.3) is 0 Å². The minimum absolute atomic E-state index is 0.239. The molecule has 1 unspecified atom stereocenters. The van der Waals surface area contributed by atoms with E-state index in [0.717, 1.165) is 4.48 Å². The molecule has 0 aliphatic carbocycles. The highest BCUT2D eigenvalue weighted by Gasteiger charge is 2.04. The fourth-order valence-electron chi connectivity index (χ4n) is 1.16. The number of benzene rings is 1. The highest BCUT2D eigenvalue weighted by molar-refractivity contribution is 9.11. The molecule has 0 saturated heterocycles. The molecular weight excluding hydrogens is 305 g/mol. The van der Waals surface area contributed by atoms with Crippen LogP contribution in [-0.2, 0) is 0 Å². The molecule has 1 aromatic carbocycles. The van der Waals surface area contributed by atoms with Crippen LogP contribution in [-0.4, -0.2) is 30.9 Å². The Labute approximate surface area is 115 Å². The topological polar surface area (TPSA) is 41.5 Å². The van der Waals surface area contributed by atoms with Gasteiger partial charge in [0.15, 0.2) is 0 Å². The molecule has 0 saturated carbocycles. The van der Waals surface area contributed by atoms with E-state index in [-0.39, 0.29) is 6.61 Å². The van der Waals surface area contributed by atoms with E-state index in [4.69, 9.17) is 16.3 Å². The largest absolute Gasteiger partial charge is 0.491 e. The van der Waals surface area contributed by atoms with Gasteiger partial charge in [0, 0.05) is 22.6 Å². The van der Waals surface area contributed by atoms with E-state index in [9.17, 15) is 5.11 Å². The Hall–Kier alpha value is -0.550. The summed E-state index contributed by atoms with van der Waals surface area (Å²) in [5.41, 5.74) is 0. The molecule has 5 heteroatoms. The number of aliphatic hydroxyl groups excluding tert-OH is 1. The molecule has 1 atom stereocenters. The zero-order chi connectivity index (χ0) is 12.7. The lowest BCUT2D eigenvalue weighted by atomic mass is 10.3. The van der Waals surface area contributed by atoms with Gasteiger partial charge in [-0.05, 0) is 24.3 Å². The predicted octanol–water partition coefficient (Wildman–Crippen LogP) is 2.58. The van der Waals surface area contributed by atoms with Crippen LogP contribution in [0, 0.1) is 0 Å². The van der Waals surface area contributed by atoms with E-state index in [1.807, 2.05) is 0 Å². The highest BCUT2D eigenvalue weighted by Crippen LogP contribution is 2.15. The molecule has 0 fully saturated rings. The number of ether oxygens (including phenoxy) is 1. The van der Waals surface area contributed by atoms with Crippen LogP contribution in [0.3, 0.4) is 0 Å². The van der Waals surface area contributed by atoms with Gasteiger partial charge in [0.05, 0.1) is 0 Å². The van der Waals surface area contributed by atoms with E-state index in [1.54, 1.807) is 24.3 Å². The Morgan fingerprint density at radius 1 is 1.47 bits per heavy atom. The van der Waals surface area contributed by atoms with Crippen LogP contribution in [0.4, 0.5) is 0 Å². The fraction of sp³-hybridized carbons (Fsp3) is 0.333. The van der Waals surface area contributed by atoms with Crippen molar-refractivity contribution in [3.05, 3.63) is 40.3 Å². The first kappa shape index (κ1) is 14.5. The van der Waals surface area contributed by atoms with Gasteiger partial charge in [-0.3, -0.25) is 0 Å². The lowest BCUT2D eigenvalue weighted by molar-refractivity contribution is 0.107. The van der Waals surface area contributed by atoms with Crippen molar-refractivity contribution in [1.82, 2.24) is 5.32 Å². The Morgan fingerprint density at radius 3 is 2.71 bits per heavy atom. The molecule has 2 N–H and O–H groups in total. The monoisotopic (exact) mass is 319 g/mol. The van der Waals surface area contributed by atoms with E-state index in [1.165, 1.54) is 0 Å². The van der Waals surface area contributed by atoms with Crippen LogP contribution in [0.15, 0.2) is 35.3 Å². The smallest absolute Gasteiger partial charge is 0.119 e. The van der Waals surface area contributed by atoms with Crippen molar-refractivity contribution in [2.24, 2.45) is 0 Å². The van der Waals surface area contributed by atoms with Crippen molar-refractivity contribution < 1.29 is 9.84 Å². The van der Waals surface area contributed by atoms with E-state index < -0.39 is 6.10 Å². The Balaban J connectivity index is 2.21. The number of hydrogen-bond donors (Lipinski definition) is 2. The molecule has 1 rings (SSSR count). The molecule has 0 aromatic heterocycles.